The van der Waals surface area contributed by atoms with Gasteiger partial charge in [-0.1, -0.05) is 12.1 Å². The van der Waals surface area contributed by atoms with Gasteiger partial charge in [-0.05, 0) is 57.6 Å². The van der Waals surface area contributed by atoms with Gasteiger partial charge in [0.2, 0.25) is 0 Å². The summed E-state index contributed by atoms with van der Waals surface area (Å²) in [4.78, 5) is 8.42. The van der Waals surface area contributed by atoms with Crippen LogP contribution < -0.4 is 15.4 Å². The maximum Gasteiger partial charge on any atom is 0.401 e. The summed E-state index contributed by atoms with van der Waals surface area (Å²) in [7, 11) is 3.12. The van der Waals surface area contributed by atoms with Gasteiger partial charge < -0.3 is 15.4 Å². The molecule has 1 aromatic carbocycles. The summed E-state index contributed by atoms with van der Waals surface area (Å²) in [6.07, 6.45) is -1.82. The van der Waals surface area contributed by atoms with Gasteiger partial charge in [0.25, 0.3) is 0 Å². The lowest BCUT2D eigenvalue weighted by Crippen LogP contribution is -2.43. The molecule has 1 heterocycles. The molecule has 2 N–H and O–H groups in total. The molecule has 1 aromatic rings. The smallest absolute Gasteiger partial charge is 0.401 e. The molecule has 178 valence electrons. The van der Waals surface area contributed by atoms with Crippen LogP contribution >= 0.6 is 24.0 Å². The number of likely N-dealkylation sites (tertiary alicyclic amines) is 1. The summed E-state index contributed by atoms with van der Waals surface area (Å²) < 4.78 is 42.7. The number of guanidine groups is 1. The van der Waals surface area contributed by atoms with Gasteiger partial charge in [0, 0.05) is 19.6 Å². The Morgan fingerprint density at radius 3 is 2.39 bits per heavy atom. The first-order chi connectivity index (χ1) is 14.3. The fourth-order valence-corrected chi connectivity index (χ4v) is 3.58. The zero-order valence-electron chi connectivity index (χ0n) is 18.5. The Morgan fingerprint density at radius 2 is 1.84 bits per heavy atom. The number of methoxy groups -OCH3 is 1. The normalized spacial score (nSPS) is 16.2. The average Bonchev–Trinajstić information content (AvgIpc) is 3.21. The molecule has 0 amide bonds. The molecule has 1 unspecified atom stereocenters. The number of benzene rings is 1. The third-order valence-corrected chi connectivity index (χ3v) is 5.08. The van der Waals surface area contributed by atoms with Crippen LogP contribution in [0, 0.1) is 0 Å². The van der Waals surface area contributed by atoms with Crippen molar-refractivity contribution in [3.63, 3.8) is 0 Å². The Bertz CT molecular complexity index is 651. The van der Waals surface area contributed by atoms with Crippen LogP contribution in [0.25, 0.3) is 0 Å². The summed E-state index contributed by atoms with van der Waals surface area (Å²) in [6.45, 7) is 5.04. The van der Waals surface area contributed by atoms with Crippen molar-refractivity contribution < 1.29 is 17.9 Å². The molecule has 0 bridgehead atoms. The van der Waals surface area contributed by atoms with Gasteiger partial charge in [-0.2, -0.15) is 13.2 Å². The number of ether oxygens (including phenoxy) is 1. The van der Waals surface area contributed by atoms with Crippen LogP contribution in [0.15, 0.2) is 29.3 Å². The second-order valence-corrected chi connectivity index (χ2v) is 7.53. The third-order valence-electron chi connectivity index (χ3n) is 5.08. The van der Waals surface area contributed by atoms with Crippen LogP contribution in [0.2, 0.25) is 0 Å². The van der Waals surface area contributed by atoms with Gasteiger partial charge in [0.05, 0.1) is 26.2 Å². The summed E-state index contributed by atoms with van der Waals surface area (Å²) in [5, 5.41) is 6.32. The molecule has 0 aliphatic carbocycles. The maximum atomic E-state index is 12.5. The van der Waals surface area contributed by atoms with E-state index in [9.17, 15) is 13.2 Å². The highest BCUT2D eigenvalue weighted by Crippen LogP contribution is 2.27. The van der Waals surface area contributed by atoms with Crippen LogP contribution in [0.1, 0.15) is 31.4 Å². The largest absolute Gasteiger partial charge is 0.497 e. The fourth-order valence-electron chi connectivity index (χ4n) is 3.58. The molecule has 0 radical (unpaired) electrons. The highest BCUT2D eigenvalue weighted by molar-refractivity contribution is 14.0. The molecule has 1 aliphatic heterocycles. The van der Waals surface area contributed by atoms with Gasteiger partial charge in [-0.3, -0.25) is 14.8 Å². The van der Waals surface area contributed by atoms with Crippen molar-refractivity contribution in [2.45, 2.75) is 32.0 Å². The lowest BCUT2D eigenvalue weighted by molar-refractivity contribution is -0.142. The van der Waals surface area contributed by atoms with Gasteiger partial charge in [0.1, 0.15) is 5.75 Å². The Labute approximate surface area is 200 Å². The number of nitrogens with one attached hydrogen (secondary N) is 2. The number of aliphatic imine (C=N–C) groups is 1. The molecule has 1 saturated heterocycles. The van der Waals surface area contributed by atoms with Crippen molar-refractivity contribution in [1.29, 1.82) is 0 Å². The molecular weight excluding hydrogens is 522 g/mol. The quantitative estimate of drug-likeness (QED) is 0.262. The molecule has 2 rings (SSSR count). The number of likely N-dealkylation sites (N-methyl/N-ethyl adjacent to an activating group) is 1. The molecule has 10 heteroatoms. The van der Waals surface area contributed by atoms with E-state index in [4.69, 9.17) is 9.73 Å². The molecular formula is C21H35F3IN5O. The summed E-state index contributed by atoms with van der Waals surface area (Å²) >= 11 is 0. The van der Waals surface area contributed by atoms with Crippen molar-refractivity contribution in [3.8, 4) is 5.75 Å². The first kappa shape index (κ1) is 27.8. The molecule has 0 aromatic heterocycles. The first-order valence-corrected chi connectivity index (χ1v) is 10.5. The highest BCUT2D eigenvalue weighted by atomic mass is 127. The van der Waals surface area contributed by atoms with E-state index in [1.54, 1.807) is 7.11 Å². The Balaban J connectivity index is 0.00000480. The Hall–Kier alpha value is -1.27. The van der Waals surface area contributed by atoms with Crippen molar-refractivity contribution in [3.05, 3.63) is 29.8 Å². The molecule has 0 spiro atoms. The van der Waals surface area contributed by atoms with Crippen LogP contribution in [0.4, 0.5) is 13.2 Å². The zero-order valence-corrected chi connectivity index (χ0v) is 20.9. The van der Waals surface area contributed by atoms with Crippen molar-refractivity contribution in [1.82, 2.24) is 20.4 Å². The molecule has 1 atom stereocenters. The predicted molar refractivity (Wildman–Crippen MR) is 129 cm³/mol. The number of nitrogens with zero attached hydrogens (tertiary/aromatic N) is 3. The minimum atomic E-state index is -4.19. The lowest BCUT2D eigenvalue weighted by Gasteiger charge is -2.27. The molecule has 31 heavy (non-hydrogen) atoms. The van der Waals surface area contributed by atoms with Crippen LogP contribution in [-0.2, 0) is 0 Å². The van der Waals surface area contributed by atoms with E-state index in [0.29, 0.717) is 25.6 Å². The molecule has 0 saturated carbocycles. The maximum absolute atomic E-state index is 12.5. The Morgan fingerprint density at radius 1 is 1.19 bits per heavy atom. The molecule has 6 nitrogen and oxygen atoms in total. The first-order valence-electron chi connectivity index (χ1n) is 10.5. The number of alkyl halides is 3. The zero-order chi connectivity index (χ0) is 22.0. The van der Waals surface area contributed by atoms with Crippen molar-refractivity contribution in [2.75, 3.05) is 60.0 Å². The number of hydrogen-bond donors (Lipinski definition) is 2. The highest BCUT2D eigenvalue weighted by Gasteiger charge is 2.29. The SMILES string of the molecule is CCNC(=NCC(c1ccc(OC)cc1)N1CCCC1)NCCN(C)CC(F)(F)F.I. The van der Waals surface area contributed by atoms with Gasteiger partial charge in [-0.15, -0.1) is 24.0 Å². The van der Waals surface area contributed by atoms with Crippen molar-refractivity contribution >= 4 is 29.9 Å². The number of rotatable bonds is 10. The second kappa shape index (κ2) is 14.0. The van der Waals surface area contributed by atoms with E-state index in [-0.39, 0.29) is 36.6 Å². The van der Waals surface area contributed by atoms with Gasteiger partial charge in [0.15, 0.2) is 5.96 Å². The lowest BCUT2D eigenvalue weighted by atomic mass is 10.1. The Kier molecular flexibility index (Phi) is 12.5. The summed E-state index contributed by atoms with van der Waals surface area (Å²) in [5.74, 6) is 1.44. The fraction of sp³-hybridized carbons (Fsp3) is 0.667. The van der Waals surface area contributed by atoms with E-state index in [2.05, 4.69) is 27.7 Å². The monoisotopic (exact) mass is 557 g/mol. The van der Waals surface area contributed by atoms with Crippen LogP contribution in [0.3, 0.4) is 0 Å². The van der Waals surface area contributed by atoms with Crippen molar-refractivity contribution in [2.24, 2.45) is 4.99 Å². The number of halogens is 4. The molecule has 1 fully saturated rings. The van der Waals surface area contributed by atoms with Gasteiger partial charge >= 0.3 is 6.18 Å². The van der Waals surface area contributed by atoms with E-state index < -0.39 is 12.7 Å². The van der Waals surface area contributed by atoms with Crippen LogP contribution in [0.5, 0.6) is 5.75 Å². The van der Waals surface area contributed by atoms with Crippen LogP contribution in [-0.4, -0.2) is 81.9 Å². The minimum Gasteiger partial charge on any atom is -0.497 e. The van der Waals surface area contributed by atoms with E-state index in [1.807, 2.05) is 19.1 Å². The second-order valence-electron chi connectivity index (χ2n) is 7.53. The average molecular weight is 557 g/mol. The van der Waals surface area contributed by atoms with E-state index >= 15 is 0 Å². The standard InChI is InChI=1S/C21H34F3N5O.HI/c1-4-25-20(26-11-14-28(2)16-21(22,23)24)27-15-19(29-12-5-6-13-29)17-7-9-18(30-3)10-8-17;/h7-10,19H,4-6,11-16H2,1-3H3,(H2,25,26,27);1H. The summed E-state index contributed by atoms with van der Waals surface area (Å²) in [5.41, 5.74) is 1.18. The third kappa shape index (κ3) is 10.3. The molecule has 1 aliphatic rings. The summed E-state index contributed by atoms with van der Waals surface area (Å²) in [6, 6.07) is 8.22. The van der Waals surface area contributed by atoms with Gasteiger partial charge in [-0.25, -0.2) is 0 Å². The van der Waals surface area contributed by atoms with E-state index in [1.165, 1.54) is 30.4 Å². The topological polar surface area (TPSA) is 52.1 Å². The predicted octanol–water partition coefficient (Wildman–Crippen LogP) is 3.50. The minimum absolute atomic E-state index is 0. The number of hydrogen-bond acceptors (Lipinski definition) is 4. The van der Waals surface area contributed by atoms with E-state index in [0.717, 1.165) is 18.8 Å².